The predicted molar refractivity (Wildman–Crippen MR) is 119 cm³/mol. The number of ether oxygens (including phenoxy) is 1. The summed E-state index contributed by atoms with van der Waals surface area (Å²) < 4.78 is 5.48. The summed E-state index contributed by atoms with van der Waals surface area (Å²) in [4.78, 5) is 33.5. The van der Waals surface area contributed by atoms with E-state index in [0.717, 1.165) is 11.3 Å². The van der Waals surface area contributed by atoms with Gasteiger partial charge in [-0.3, -0.25) is 9.59 Å². The minimum absolute atomic E-state index is 0.0939. The van der Waals surface area contributed by atoms with Gasteiger partial charge < -0.3 is 9.72 Å². The lowest BCUT2D eigenvalue weighted by Crippen LogP contribution is -2.18. The summed E-state index contributed by atoms with van der Waals surface area (Å²) in [6.07, 6.45) is 1.69. The molecule has 0 aliphatic rings. The van der Waals surface area contributed by atoms with Crippen LogP contribution in [-0.2, 0) is 0 Å². The van der Waals surface area contributed by atoms with Crippen LogP contribution in [0.3, 0.4) is 0 Å². The number of aromatic nitrogens is 2. The molecule has 4 aromatic rings. The molecule has 0 radical (unpaired) electrons. The van der Waals surface area contributed by atoms with Crippen molar-refractivity contribution in [2.45, 2.75) is 6.92 Å². The maximum absolute atomic E-state index is 13.3. The first kappa shape index (κ1) is 19.3. The molecular weight excluding hydrogens is 376 g/mol. The van der Waals surface area contributed by atoms with Crippen LogP contribution in [-0.4, -0.2) is 22.4 Å². The van der Waals surface area contributed by atoms with E-state index in [9.17, 15) is 9.59 Å². The lowest BCUT2D eigenvalue weighted by Gasteiger charge is -2.08. The maximum atomic E-state index is 13.3. The molecule has 30 heavy (non-hydrogen) atoms. The van der Waals surface area contributed by atoms with Crippen molar-refractivity contribution in [3.63, 3.8) is 0 Å². The number of para-hydroxylation sites is 2. The lowest BCUT2D eigenvalue weighted by molar-refractivity contribution is 0.105. The number of rotatable bonds is 6. The smallest absolute Gasteiger partial charge is 0.275 e. The summed E-state index contributed by atoms with van der Waals surface area (Å²) >= 11 is 0. The number of ketones is 1. The number of nitrogens with zero attached hydrogens (tertiary/aromatic N) is 1. The standard InChI is InChI=1S/C25H20N2O3/c1-2-30-19-14-12-17(13-15-19)16-20(24(28)18-8-4-3-5-9-18)23-25(29)27-22-11-7-6-10-21(22)26-23/h3-16H,2H2,1H3,(H,27,29)/b20-16+. The number of aromatic amines is 1. The molecule has 0 fully saturated rings. The van der Waals surface area contributed by atoms with Gasteiger partial charge in [-0.05, 0) is 42.8 Å². The van der Waals surface area contributed by atoms with E-state index in [-0.39, 0.29) is 17.1 Å². The Bertz CT molecular complexity index is 1270. The molecule has 4 rings (SSSR count). The highest BCUT2D eigenvalue weighted by molar-refractivity contribution is 6.32. The summed E-state index contributed by atoms with van der Waals surface area (Å²) in [6.45, 7) is 2.49. The number of allylic oxidation sites excluding steroid dienone is 1. The molecule has 0 spiro atoms. The van der Waals surface area contributed by atoms with Crippen LogP contribution in [0, 0.1) is 0 Å². The number of H-pyrrole nitrogens is 1. The quantitative estimate of drug-likeness (QED) is 0.377. The molecule has 1 heterocycles. The van der Waals surface area contributed by atoms with Crippen LogP contribution in [0.1, 0.15) is 28.5 Å². The van der Waals surface area contributed by atoms with Gasteiger partial charge in [-0.1, -0.05) is 54.6 Å². The van der Waals surface area contributed by atoms with Gasteiger partial charge in [0.05, 0.1) is 23.2 Å². The van der Waals surface area contributed by atoms with Crippen molar-refractivity contribution in [3.8, 4) is 5.75 Å². The Balaban J connectivity index is 1.87. The van der Waals surface area contributed by atoms with Gasteiger partial charge in [-0.2, -0.15) is 0 Å². The van der Waals surface area contributed by atoms with Gasteiger partial charge >= 0.3 is 0 Å². The van der Waals surface area contributed by atoms with Crippen LogP contribution in [0.4, 0.5) is 0 Å². The largest absolute Gasteiger partial charge is 0.494 e. The maximum Gasteiger partial charge on any atom is 0.275 e. The molecule has 5 heteroatoms. The normalized spacial score (nSPS) is 11.4. The average molecular weight is 396 g/mol. The van der Waals surface area contributed by atoms with Gasteiger partial charge in [-0.25, -0.2) is 4.98 Å². The molecule has 3 aromatic carbocycles. The number of nitrogens with one attached hydrogen (secondary N) is 1. The first-order valence-corrected chi connectivity index (χ1v) is 9.69. The topological polar surface area (TPSA) is 72.0 Å². The van der Waals surface area contributed by atoms with Gasteiger partial charge in [0.25, 0.3) is 5.56 Å². The van der Waals surface area contributed by atoms with Crippen LogP contribution in [0.15, 0.2) is 83.7 Å². The van der Waals surface area contributed by atoms with Gasteiger partial charge in [0.2, 0.25) is 0 Å². The Labute approximate surface area is 173 Å². The second-order valence-corrected chi connectivity index (χ2v) is 6.69. The van der Waals surface area contributed by atoms with E-state index in [0.29, 0.717) is 23.2 Å². The van der Waals surface area contributed by atoms with E-state index in [1.807, 2.05) is 49.4 Å². The molecule has 1 aromatic heterocycles. The molecule has 148 valence electrons. The van der Waals surface area contributed by atoms with Crippen LogP contribution in [0.5, 0.6) is 5.75 Å². The Hall–Kier alpha value is -3.99. The molecular formula is C25H20N2O3. The molecule has 0 aliphatic heterocycles. The van der Waals surface area contributed by atoms with Crippen LogP contribution < -0.4 is 10.3 Å². The highest BCUT2D eigenvalue weighted by atomic mass is 16.5. The zero-order valence-electron chi connectivity index (χ0n) is 16.5. The van der Waals surface area contributed by atoms with Crippen molar-refractivity contribution in [3.05, 3.63) is 106 Å². The van der Waals surface area contributed by atoms with Crippen LogP contribution >= 0.6 is 0 Å². The molecule has 0 aliphatic carbocycles. The molecule has 1 N–H and O–H groups in total. The molecule has 0 bridgehead atoms. The number of hydrogen-bond acceptors (Lipinski definition) is 4. The summed E-state index contributed by atoms with van der Waals surface area (Å²) in [6, 6.07) is 23.5. The monoisotopic (exact) mass is 396 g/mol. The molecule has 0 saturated heterocycles. The zero-order valence-corrected chi connectivity index (χ0v) is 16.5. The van der Waals surface area contributed by atoms with E-state index in [4.69, 9.17) is 4.74 Å². The third-order valence-corrected chi connectivity index (χ3v) is 4.64. The predicted octanol–water partition coefficient (Wildman–Crippen LogP) is 4.75. The van der Waals surface area contributed by atoms with Crippen molar-refractivity contribution in [1.82, 2.24) is 9.97 Å². The summed E-state index contributed by atoms with van der Waals surface area (Å²) in [7, 11) is 0. The second-order valence-electron chi connectivity index (χ2n) is 6.69. The lowest BCUT2D eigenvalue weighted by atomic mass is 9.98. The van der Waals surface area contributed by atoms with Crippen LogP contribution in [0.25, 0.3) is 22.7 Å². The molecule has 0 unspecified atom stereocenters. The van der Waals surface area contributed by atoms with Gasteiger partial charge in [0.1, 0.15) is 11.4 Å². The van der Waals surface area contributed by atoms with Gasteiger partial charge in [0.15, 0.2) is 5.78 Å². The van der Waals surface area contributed by atoms with E-state index in [1.165, 1.54) is 0 Å². The number of hydrogen-bond donors (Lipinski definition) is 1. The highest BCUT2D eigenvalue weighted by Gasteiger charge is 2.19. The Kier molecular flexibility index (Phi) is 5.52. The average Bonchev–Trinajstić information content (AvgIpc) is 2.78. The second kappa shape index (κ2) is 8.57. The third-order valence-electron chi connectivity index (χ3n) is 4.64. The zero-order chi connectivity index (χ0) is 20.9. The minimum atomic E-state index is -0.407. The molecule has 0 amide bonds. The van der Waals surface area contributed by atoms with Crippen molar-refractivity contribution in [1.29, 1.82) is 0 Å². The van der Waals surface area contributed by atoms with Gasteiger partial charge in [-0.15, -0.1) is 0 Å². The fraction of sp³-hybridized carbons (Fsp3) is 0.0800. The van der Waals surface area contributed by atoms with Crippen molar-refractivity contribution in [2.24, 2.45) is 0 Å². The Morgan fingerprint density at radius 3 is 2.40 bits per heavy atom. The Morgan fingerprint density at radius 1 is 0.967 bits per heavy atom. The minimum Gasteiger partial charge on any atom is -0.494 e. The fourth-order valence-electron chi connectivity index (χ4n) is 3.19. The molecule has 5 nitrogen and oxygen atoms in total. The van der Waals surface area contributed by atoms with Gasteiger partial charge in [0, 0.05) is 5.56 Å². The van der Waals surface area contributed by atoms with E-state index in [2.05, 4.69) is 9.97 Å². The summed E-state index contributed by atoms with van der Waals surface area (Å²) in [5.41, 5.74) is 2.42. The van der Waals surface area contributed by atoms with E-state index < -0.39 is 5.56 Å². The van der Waals surface area contributed by atoms with Crippen LogP contribution in [0.2, 0.25) is 0 Å². The first-order chi connectivity index (χ1) is 14.7. The molecule has 0 saturated carbocycles. The number of Topliss-reactive ketones (excluding diaryl/α,β-unsaturated/α-hetero) is 1. The number of benzene rings is 3. The van der Waals surface area contributed by atoms with E-state index >= 15 is 0 Å². The SMILES string of the molecule is CCOc1ccc(/C=C(/C(=O)c2ccccc2)c2nc3ccccc3[nH]c2=O)cc1. The van der Waals surface area contributed by atoms with Crippen molar-refractivity contribution >= 4 is 28.5 Å². The highest BCUT2D eigenvalue weighted by Crippen LogP contribution is 2.22. The van der Waals surface area contributed by atoms with Crippen molar-refractivity contribution < 1.29 is 9.53 Å². The summed E-state index contributed by atoms with van der Waals surface area (Å²) in [5, 5.41) is 0. The molecule has 0 atom stereocenters. The fourth-order valence-corrected chi connectivity index (χ4v) is 3.19. The number of fused-ring (bicyclic) bond motifs is 1. The third kappa shape index (κ3) is 4.05. The number of carbonyl (C=O) groups is 1. The van der Waals surface area contributed by atoms with E-state index in [1.54, 1.807) is 42.5 Å². The van der Waals surface area contributed by atoms with Crippen molar-refractivity contribution in [2.75, 3.05) is 6.61 Å². The number of carbonyl (C=O) groups excluding carboxylic acids is 1. The first-order valence-electron chi connectivity index (χ1n) is 9.69. The Morgan fingerprint density at radius 2 is 1.67 bits per heavy atom. The summed E-state index contributed by atoms with van der Waals surface area (Å²) in [5.74, 6) is 0.477.